The van der Waals surface area contributed by atoms with E-state index in [4.69, 9.17) is 0 Å². The lowest BCUT2D eigenvalue weighted by atomic mass is 10.3. The Morgan fingerprint density at radius 1 is 1.00 bits per heavy atom. The number of hydrogen-bond donors (Lipinski definition) is 0. The lowest BCUT2D eigenvalue weighted by Crippen LogP contribution is -2.18. The van der Waals surface area contributed by atoms with E-state index in [1.807, 2.05) is 0 Å². The molecule has 0 N–H and O–H groups in total. The van der Waals surface area contributed by atoms with Gasteiger partial charge in [-0.25, -0.2) is 8.78 Å². The highest BCUT2D eigenvalue weighted by atomic mass is 35.5. The summed E-state index contributed by atoms with van der Waals surface area (Å²) in [5, 5.41) is 0. The first-order valence-electron chi connectivity index (χ1n) is 3.31. The zero-order valence-corrected chi connectivity index (χ0v) is 7.39. The Morgan fingerprint density at radius 2 is 1.40 bits per heavy atom. The largest absolute Gasteiger partial charge is 0.487 e. The predicted octanol–water partition coefficient (Wildman–Crippen LogP) is 3.41. The van der Waals surface area contributed by atoms with Gasteiger partial charge in [0, 0.05) is 17.7 Å². The second-order valence-corrected chi connectivity index (χ2v) is 2.79. The van der Waals surface area contributed by atoms with E-state index in [-0.39, 0.29) is 6.07 Å². The first-order chi connectivity index (χ1) is 6.72. The van der Waals surface area contributed by atoms with Gasteiger partial charge < -0.3 is 4.74 Å². The molecular formula is C7HClF6O. The highest BCUT2D eigenvalue weighted by Crippen LogP contribution is 2.32. The van der Waals surface area contributed by atoms with Crippen LogP contribution in [0.15, 0.2) is 6.07 Å². The maximum atomic E-state index is 12.7. The fourth-order valence-corrected chi connectivity index (χ4v) is 0.834. The van der Waals surface area contributed by atoms with Crippen LogP contribution >= 0.6 is 11.6 Å². The van der Waals surface area contributed by atoms with E-state index in [1.165, 1.54) is 0 Å². The molecule has 0 fully saturated rings. The third kappa shape index (κ3) is 2.68. The van der Waals surface area contributed by atoms with Crippen molar-refractivity contribution in [2.24, 2.45) is 0 Å². The molecule has 0 bridgehead atoms. The Morgan fingerprint density at radius 3 is 1.73 bits per heavy atom. The van der Waals surface area contributed by atoms with Gasteiger partial charge in [-0.3, -0.25) is 0 Å². The molecule has 0 atom stereocenters. The topological polar surface area (TPSA) is 9.23 Å². The van der Waals surface area contributed by atoms with Crippen LogP contribution in [0.25, 0.3) is 0 Å². The molecule has 0 saturated carbocycles. The van der Waals surface area contributed by atoms with E-state index in [2.05, 4.69) is 16.3 Å². The van der Waals surface area contributed by atoms with Gasteiger partial charge >= 0.3 is 5.57 Å². The molecule has 0 aliphatic heterocycles. The molecule has 1 aromatic carbocycles. The molecule has 84 valence electrons. The van der Waals surface area contributed by atoms with Crippen molar-refractivity contribution in [1.82, 2.24) is 0 Å². The number of hydrogen-bond acceptors (Lipinski definition) is 1. The van der Waals surface area contributed by atoms with Crippen LogP contribution in [0.5, 0.6) is 5.75 Å². The lowest BCUT2D eigenvalue weighted by molar-refractivity contribution is -0.101. The number of benzene rings is 1. The van der Waals surface area contributed by atoms with Gasteiger partial charge in [-0.15, -0.1) is 8.78 Å². The zero-order chi connectivity index (χ0) is 11.8. The van der Waals surface area contributed by atoms with E-state index in [0.29, 0.717) is 0 Å². The van der Waals surface area contributed by atoms with Crippen LogP contribution in [0.4, 0.5) is 26.3 Å². The number of halogens is 7. The van der Waals surface area contributed by atoms with Crippen LogP contribution in [0.1, 0.15) is 0 Å². The molecular weight excluding hydrogens is 250 g/mol. The fraction of sp³-hybridized carbons (Fsp3) is 0.143. The van der Waals surface area contributed by atoms with Gasteiger partial charge in [0.25, 0.3) is 0 Å². The zero-order valence-electron chi connectivity index (χ0n) is 6.63. The highest BCUT2D eigenvalue weighted by Gasteiger charge is 2.33. The van der Waals surface area contributed by atoms with E-state index < -0.39 is 34.6 Å². The maximum absolute atomic E-state index is 12.7. The number of rotatable bonds is 2. The summed E-state index contributed by atoms with van der Waals surface area (Å²) in [6, 6.07) is -0.149. The highest BCUT2D eigenvalue weighted by molar-refractivity contribution is 6.20. The smallest absolute Gasteiger partial charge is 0.413 e. The Bertz CT molecular complexity index is 362. The Kier molecular flexibility index (Phi) is 3.03. The molecule has 1 nitrogen and oxygen atoms in total. The second-order valence-electron chi connectivity index (χ2n) is 2.35. The first kappa shape index (κ1) is 12.0. The van der Waals surface area contributed by atoms with Crippen molar-refractivity contribution in [1.29, 1.82) is 0 Å². The third-order valence-corrected chi connectivity index (χ3v) is 1.37. The molecule has 0 spiro atoms. The summed E-state index contributed by atoms with van der Waals surface area (Å²) in [5.41, 5.74) is -4.47. The van der Waals surface area contributed by atoms with Gasteiger partial charge in [-0.2, -0.15) is 8.78 Å². The molecule has 0 aliphatic rings. The molecule has 0 unspecified atom stereocenters. The molecule has 0 saturated heterocycles. The number of alkyl halides is 3. The molecule has 15 heavy (non-hydrogen) atoms. The van der Waals surface area contributed by atoms with E-state index in [9.17, 15) is 26.3 Å². The standard InChI is InChI=1S/C7HClF6O/c8-7(13,14)15-6-4(11)2(9)1-3(10)5(6)12/h1H. The predicted molar refractivity (Wildman–Crippen MR) is 37.7 cm³/mol. The maximum Gasteiger partial charge on any atom is 0.487 e. The lowest BCUT2D eigenvalue weighted by Gasteiger charge is -2.12. The van der Waals surface area contributed by atoms with Crippen molar-refractivity contribution < 1.29 is 31.1 Å². The van der Waals surface area contributed by atoms with Crippen molar-refractivity contribution in [2.75, 3.05) is 0 Å². The molecule has 0 radical (unpaired) electrons. The summed E-state index contributed by atoms with van der Waals surface area (Å²) in [6.07, 6.45) is 0. The summed E-state index contributed by atoms with van der Waals surface area (Å²) < 4.78 is 77.5. The molecule has 0 aliphatic carbocycles. The summed E-state index contributed by atoms with van der Waals surface area (Å²) in [7, 11) is 0. The SMILES string of the molecule is Fc1cc(F)c(F)c(OC(F)(F)Cl)c1F. The van der Waals surface area contributed by atoms with Gasteiger partial charge in [-0.1, -0.05) is 0 Å². The minimum absolute atomic E-state index is 0.149. The molecule has 8 heteroatoms. The summed E-state index contributed by atoms with van der Waals surface area (Å²) >= 11 is 4.18. The van der Waals surface area contributed by atoms with Gasteiger partial charge in [-0.05, 0) is 0 Å². The first-order valence-corrected chi connectivity index (χ1v) is 3.69. The van der Waals surface area contributed by atoms with Crippen LogP contribution in [0, 0.1) is 23.3 Å². The summed E-state index contributed by atoms with van der Waals surface area (Å²) in [6.45, 7) is 0. The van der Waals surface area contributed by atoms with E-state index >= 15 is 0 Å². The molecule has 0 heterocycles. The average Bonchev–Trinajstić information content (AvgIpc) is 2.08. The summed E-state index contributed by atoms with van der Waals surface area (Å²) in [5.74, 6) is -9.83. The van der Waals surface area contributed by atoms with Gasteiger partial charge in [0.1, 0.15) is 0 Å². The molecule has 0 aromatic heterocycles. The van der Waals surface area contributed by atoms with Crippen LogP contribution in [0.2, 0.25) is 0 Å². The second kappa shape index (κ2) is 3.80. The Balaban J connectivity index is 3.27. The minimum atomic E-state index is -4.47. The monoisotopic (exact) mass is 250 g/mol. The quantitative estimate of drug-likeness (QED) is 0.444. The van der Waals surface area contributed by atoms with Crippen molar-refractivity contribution in [2.45, 2.75) is 5.57 Å². The fourth-order valence-electron chi connectivity index (χ4n) is 0.757. The average molecular weight is 251 g/mol. The van der Waals surface area contributed by atoms with Crippen molar-refractivity contribution in [3.8, 4) is 5.75 Å². The third-order valence-electron chi connectivity index (χ3n) is 1.29. The molecule has 0 amide bonds. The van der Waals surface area contributed by atoms with Gasteiger partial charge in [0.15, 0.2) is 11.6 Å². The molecule has 1 rings (SSSR count). The van der Waals surface area contributed by atoms with Crippen molar-refractivity contribution in [3.05, 3.63) is 29.3 Å². The van der Waals surface area contributed by atoms with E-state index in [0.717, 1.165) is 0 Å². The van der Waals surface area contributed by atoms with Crippen LogP contribution < -0.4 is 4.74 Å². The van der Waals surface area contributed by atoms with Crippen LogP contribution in [-0.4, -0.2) is 5.57 Å². The van der Waals surface area contributed by atoms with Crippen LogP contribution in [-0.2, 0) is 0 Å². The van der Waals surface area contributed by atoms with Crippen molar-refractivity contribution in [3.63, 3.8) is 0 Å². The van der Waals surface area contributed by atoms with Gasteiger partial charge in [0.05, 0.1) is 0 Å². The molecule has 1 aromatic rings. The normalized spacial score (nSPS) is 11.7. The Hall–Kier alpha value is -1.11. The van der Waals surface area contributed by atoms with Gasteiger partial charge in [0.2, 0.25) is 17.4 Å². The van der Waals surface area contributed by atoms with Crippen molar-refractivity contribution >= 4 is 11.6 Å². The minimum Gasteiger partial charge on any atom is -0.413 e. The van der Waals surface area contributed by atoms with Crippen LogP contribution in [0.3, 0.4) is 0 Å². The number of ether oxygens (including phenoxy) is 1. The Labute approximate surface area is 84.2 Å². The van der Waals surface area contributed by atoms with E-state index in [1.54, 1.807) is 0 Å². The summed E-state index contributed by atoms with van der Waals surface area (Å²) in [4.78, 5) is 0.